The third-order valence-corrected chi connectivity index (χ3v) is 9.10. The third-order valence-electron chi connectivity index (χ3n) is 9.10. The van der Waals surface area contributed by atoms with Crippen molar-refractivity contribution in [3.05, 3.63) is 155 Å². The van der Waals surface area contributed by atoms with Crippen molar-refractivity contribution < 1.29 is 42.7 Å². The zero-order valence-corrected chi connectivity index (χ0v) is 30.1. The second-order valence-corrected chi connectivity index (χ2v) is 13.0. The Morgan fingerprint density at radius 3 is 1.66 bits per heavy atom. The van der Waals surface area contributed by atoms with Gasteiger partial charge >= 0.3 is 5.97 Å². The Morgan fingerprint density at radius 1 is 0.698 bits per heavy atom. The van der Waals surface area contributed by atoms with Crippen LogP contribution in [0.1, 0.15) is 36.1 Å². The van der Waals surface area contributed by atoms with Crippen molar-refractivity contribution in [1.82, 2.24) is 5.32 Å². The van der Waals surface area contributed by atoms with Crippen LogP contribution in [0, 0.1) is 5.92 Å². The molecular weight excluding hydrogens is 674 g/mol. The van der Waals surface area contributed by atoms with Gasteiger partial charge in [-0.2, -0.15) is 0 Å². The highest BCUT2D eigenvalue weighted by Crippen LogP contribution is 2.34. The molecule has 2 aliphatic heterocycles. The van der Waals surface area contributed by atoms with Crippen LogP contribution in [-0.2, 0) is 69.2 Å². The molecule has 4 aromatic rings. The number of carbonyl (C=O) groups excluding carboxylic acids is 2. The summed E-state index contributed by atoms with van der Waals surface area (Å²) in [7, 11) is 0. The maximum absolute atomic E-state index is 12.9. The van der Waals surface area contributed by atoms with Gasteiger partial charge in [-0.3, -0.25) is 4.79 Å². The lowest BCUT2D eigenvalue weighted by Crippen LogP contribution is -2.63. The smallest absolute Gasteiger partial charge is 0.332 e. The first-order chi connectivity index (χ1) is 26.0. The number of carbonyl (C=O) groups is 2. The predicted octanol–water partition coefficient (Wildman–Crippen LogP) is 6.28. The Labute approximate surface area is 311 Å². The molecule has 6 rings (SSSR count). The number of benzene rings is 4. The lowest BCUT2D eigenvalue weighted by molar-refractivity contribution is -0.337. The number of amides is 1. The van der Waals surface area contributed by atoms with Gasteiger partial charge in [0.05, 0.1) is 45.7 Å². The van der Waals surface area contributed by atoms with Gasteiger partial charge in [0.2, 0.25) is 5.91 Å². The number of β-lactam (4-membered cyclic amide) rings is 1. The minimum atomic E-state index is -1.01. The van der Waals surface area contributed by atoms with E-state index in [0.717, 1.165) is 22.3 Å². The highest BCUT2D eigenvalue weighted by molar-refractivity contribution is 5.95. The van der Waals surface area contributed by atoms with Gasteiger partial charge in [-0.25, -0.2) is 4.79 Å². The molecule has 1 N–H and O–H groups in total. The van der Waals surface area contributed by atoms with Gasteiger partial charge in [0.25, 0.3) is 0 Å². The summed E-state index contributed by atoms with van der Waals surface area (Å²) in [5.74, 6) is -1.54. The van der Waals surface area contributed by atoms with Gasteiger partial charge in [0, 0.05) is 11.8 Å². The molecule has 2 fully saturated rings. The number of rotatable bonds is 18. The molecule has 0 saturated carbocycles. The van der Waals surface area contributed by atoms with E-state index < -0.39 is 48.7 Å². The van der Waals surface area contributed by atoms with Crippen LogP contribution in [0.2, 0.25) is 0 Å². The van der Waals surface area contributed by atoms with Crippen molar-refractivity contribution >= 4 is 11.9 Å². The molecule has 0 aromatic heterocycles. The number of nitrogens with one attached hydrogen (secondary N) is 1. The van der Waals surface area contributed by atoms with Gasteiger partial charge in [0.15, 0.2) is 6.29 Å². The van der Waals surface area contributed by atoms with Crippen molar-refractivity contribution in [2.45, 2.75) is 77.1 Å². The van der Waals surface area contributed by atoms with E-state index in [1.54, 1.807) is 13.8 Å². The molecule has 4 aromatic carbocycles. The molecule has 10 heteroatoms. The molecule has 278 valence electrons. The van der Waals surface area contributed by atoms with Crippen LogP contribution in [0.5, 0.6) is 0 Å². The molecule has 0 spiro atoms. The van der Waals surface area contributed by atoms with E-state index in [2.05, 4.69) is 5.32 Å². The number of hydrogen-bond donors (Lipinski definition) is 1. The number of hydrogen-bond acceptors (Lipinski definition) is 9. The van der Waals surface area contributed by atoms with E-state index in [4.69, 9.17) is 33.2 Å². The number of esters is 1. The summed E-state index contributed by atoms with van der Waals surface area (Å²) in [5.41, 5.74) is 4.36. The Bertz CT molecular complexity index is 1740. The van der Waals surface area contributed by atoms with Gasteiger partial charge in [-0.05, 0) is 36.1 Å². The Hall–Kier alpha value is -4.68. The van der Waals surface area contributed by atoms with Gasteiger partial charge in [-0.1, -0.05) is 121 Å². The Kier molecular flexibility index (Phi) is 13.9. The molecule has 0 unspecified atom stereocenters. The lowest BCUT2D eigenvalue weighted by atomic mass is 9.90. The van der Waals surface area contributed by atoms with E-state index in [9.17, 15) is 9.59 Å². The van der Waals surface area contributed by atoms with Crippen LogP contribution in [0.15, 0.2) is 133 Å². The maximum atomic E-state index is 12.9. The Morgan fingerprint density at radius 2 is 1.17 bits per heavy atom. The van der Waals surface area contributed by atoms with Gasteiger partial charge in [-0.15, -0.1) is 0 Å². The summed E-state index contributed by atoms with van der Waals surface area (Å²) >= 11 is 0. The minimum Gasteiger partial charge on any atom is -0.463 e. The van der Waals surface area contributed by atoms with Crippen LogP contribution < -0.4 is 5.32 Å². The SMILES string of the molecule is CCOC(=O)/C=C1\NC(=O)[C@@H]1[C@@H](C)O[C@H]1O[C@H](COCc2ccccc2)[C@H](OCc2ccccc2)[C@H](OCc2ccccc2)[C@H]1OCc1ccccc1. The van der Waals surface area contributed by atoms with Crippen LogP contribution in [0.4, 0.5) is 0 Å². The highest BCUT2D eigenvalue weighted by atomic mass is 16.7. The second kappa shape index (κ2) is 19.4. The predicted molar refractivity (Wildman–Crippen MR) is 197 cm³/mol. The first kappa shape index (κ1) is 38.1. The highest BCUT2D eigenvalue weighted by Gasteiger charge is 2.51. The molecule has 0 bridgehead atoms. The van der Waals surface area contributed by atoms with E-state index in [1.165, 1.54) is 6.08 Å². The van der Waals surface area contributed by atoms with E-state index >= 15 is 0 Å². The third kappa shape index (κ3) is 10.7. The average molecular weight is 722 g/mol. The first-order valence-electron chi connectivity index (χ1n) is 18.1. The normalized spacial score (nSPS) is 23.9. The van der Waals surface area contributed by atoms with E-state index in [1.807, 2.05) is 121 Å². The lowest BCUT2D eigenvalue weighted by Gasteiger charge is -2.47. The van der Waals surface area contributed by atoms with Crippen molar-refractivity contribution in [3.8, 4) is 0 Å². The standard InChI is InChI=1S/C43H47NO9/c1-3-48-37(45)24-35-38(42(46)44-35)30(2)52-43-41(51-28-34-22-14-7-15-23-34)40(50-27-33-20-12-6-13-21-33)39(49-26-32-18-10-5-11-19-32)36(53-43)29-47-25-31-16-8-4-9-17-31/h4-24,30,36,38-41,43H,3,25-29H2,1-2H3,(H,44,46)/b35-24-/t30-,36-,38-,39+,40+,41-,43+/m1/s1. The van der Waals surface area contributed by atoms with Gasteiger partial charge < -0.3 is 38.5 Å². The van der Waals surface area contributed by atoms with Crippen molar-refractivity contribution in [1.29, 1.82) is 0 Å². The molecule has 1 amide bonds. The molecule has 0 radical (unpaired) electrons. The van der Waals surface area contributed by atoms with E-state index in [-0.39, 0.29) is 32.3 Å². The summed E-state index contributed by atoms with van der Waals surface area (Å²) < 4.78 is 44.9. The van der Waals surface area contributed by atoms with Crippen LogP contribution in [0.3, 0.4) is 0 Å². The largest absolute Gasteiger partial charge is 0.463 e. The minimum absolute atomic E-state index is 0.164. The van der Waals surface area contributed by atoms with Crippen LogP contribution in [0.25, 0.3) is 0 Å². The quantitative estimate of drug-likeness (QED) is 0.0721. The zero-order valence-electron chi connectivity index (χ0n) is 30.1. The van der Waals surface area contributed by atoms with Crippen LogP contribution >= 0.6 is 0 Å². The van der Waals surface area contributed by atoms with Gasteiger partial charge in [0.1, 0.15) is 30.3 Å². The topological polar surface area (TPSA) is 111 Å². The molecule has 2 saturated heterocycles. The first-order valence-corrected chi connectivity index (χ1v) is 18.1. The fraction of sp³-hybridized carbons (Fsp3) is 0.349. The molecule has 0 aliphatic carbocycles. The average Bonchev–Trinajstić information content (AvgIpc) is 3.17. The monoisotopic (exact) mass is 721 g/mol. The van der Waals surface area contributed by atoms with Crippen molar-refractivity contribution in [2.24, 2.45) is 5.92 Å². The summed E-state index contributed by atoms with van der Waals surface area (Å²) in [5, 5.41) is 2.70. The van der Waals surface area contributed by atoms with Crippen molar-refractivity contribution in [3.63, 3.8) is 0 Å². The molecule has 2 aliphatic rings. The molecule has 7 atom stereocenters. The summed E-state index contributed by atoms with van der Waals surface area (Å²) in [4.78, 5) is 25.2. The molecule has 53 heavy (non-hydrogen) atoms. The Balaban J connectivity index is 1.32. The summed E-state index contributed by atoms with van der Waals surface area (Å²) in [6.07, 6.45) is -3.20. The second-order valence-electron chi connectivity index (χ2n) is 13.0. The number of ether oxygens (including phenoxy) is 7. The van der Waals surface area contributed by atoms with Crippen molar-refractivity contribution in [2.75, 3.05) is 13.2 Å². The molecule has 2 heterocycles. The maximum Gasteiger partial charge on any atom is 0.332 e. The fourth-order valence-electron chi connectivity index (χ4n) is 6.41. The van der Waals surface area contributed by atoms with Crippen LogP contribution in [-0.4, -0.2) is 61.9 Å². The zero-order chi connectivity index (χ0) is 36.8. The summed E-state index contributed by atoms with van der Waals surface area (Å²) in [6, 6.07) is 39.5. The molecular formula is C43H47NO9. The fourth-order valence-corrected chi connectivity index (χ4v) is 6.41. The summed E-state index contributed by atoms with van der Waals surface area (Å²) in [6.45, 7) is 5.06. The van der Waals surface area contributed by atoms with E-state index in [0.29, 0.717) is 18.9 Å². The molecule has 10 nitrogen and oxygen atoms in total.